The molecule has 2 rings (SSSR count). The van der Waals surface area contributed by atoms with E-state index >= 15 is 0 Å². The van der Waals surface area contributed by atoms with Gasteiger partial charge in [0, 0.05) is 6.54 Å². The summed E-state index contributed by atoms with van der Waals surface area (Å²) in [4.78, 5) is 0. The van der Waals surface area contributed by atoms with Gasteiger partial charge in [0.25, 0.3) is 0 Å². The van der Waals surface area contributed by atoms with Gasteiger partial charge in [-0.1, -0.05) is 29.8 Å². The summed E-state index contributed by atoms with van der Waals surface area (Å²) >= 11 is 0. The van der Waals surface area contributed by atoms with Gasteiger partial charge in [-0.05, 0) is 37.7 Å². The Morgan fingerprint density at radius 1 is 1.53 bits per heavy atom. The summed E-state index contributed by atoms with van der Waals surface area (Å²) in [7, 11) is 0. The van der Waals surface area contributed by atoms with Gasteiger partial charge < -0.3 is 10.8 Å². The van der Waals surface area contributed by atoms with E-state index < -0.39 is 5.60 Å². The average Bonchev–Trinajstić information content (AvgIpc) is 2.62. The van der Waals surface area contributed by atoms with Gasteiger partial charge in [-0.15, -0.1) is 0 Å². The van der Waals surface area contributed by atoms with E-state index in [1.807, 2.05) is 0 Å². The van der Waals surface area contributed by atoms with Crippen LogP contribution in [-0.2, 0) is 0 Å². The standard InChI is InChI=1S/C13H19NO/c1-10-3-2-4-11(7-10)12-5-6-13(15,8-12)9-14/h2-4,7,12,15H,5-6,8-9,14H2,1H3. The van der Waals surface area contributed by atoms with Crippen LogP contribution in [0.4, 0.5) is 0 Å². The van der Waals surface area contributed by atoms with E-state index in [2.05, 4.69) is 31.2 Å². The van der Waals surface area contributed by atoms with Crippen molar-refractivity contribution < 1.29 is 5.11 Å². The molecule has 2 nitrogen and oxygen atoms in total. The van der Waals surface area contributed by atoms with Crippen molar-refractivity contribution >= 4 is 0 Å². The Kier molecular flexibility index (Phi) is 2.81. The maximum atomic E-state index is 10.1. The first-order chi connectivity index (χ1) is 7.13. The van der Waals surface area contributed by atoms with Gasteiger partial charge in [-0.2, -0.15) is 0 Å². The van der Waals surface area contributed by atoms with Crippen molar-refractivity contribution in [2.45, 2.75) is 37.7 Å². The predicted octanol–water partition coefficient (Wildman–Crippen LogP) is 1.95. The predicted molar refractivity (Wildman–Crippen MR) is 61.8 cm³/mol. The topological polar surface area (TPSA) is 46.2 Å². The van der Waals surface area contributed by atoms with Gasteiger partial charge >= 0.3 is 0 Å². The molecule has 0 aliphatic heterocycles. The third kappa shape index (κ3) is 2.21. The van der Waals surface area contributed by atoms with E-state index in [9.17, 15) is 5.11 Å². The molecular formula is C13H19NO. The molecule has 1 aliphatic carbocycles. The maximum Gasteiger partial charge on any atom is 0.0775 e. The summed E-state index contributed by atoms with van der Waals surface area (Å²) in [6.07, 6.45) is 2.70. The summed E-state index contributed by atoms with van der Waals surface area (Å²) in [6.45, 7) is 2.49. The van der Waals surface area contributed by atoms with Crippen LogP contribution in [0.2, 0.25) is 0 Å². The Morgan fingerprint density at radius 2 is 2.33 bits per heavy atom. The molecule has 0 radical (unpaired) electrons. The Bertz CT molecular complexity index is 350. The molecule has 3 N–H and O–H groups in total. The molecule has 1 aromatic carbocycles. The zero-order valence-corrected chi connectivity index (χ0v) is 9.24. The van der Waals surface area contributed by atoms with Gasteiger partial charge in [-0.25, -0.2) is 0 Å². The number of aliphatic hydroxyl groups is 1. The Balaban J connectivity index is 2.14. The molecule has 2 heteroatoms. The second kappa shape index (κ2) is 3.95. The van der Waals surface area contributed by atoms with Crippen LogP contribution >= 0.6 is 0 Å². The molecule has 1 fully saturated rings. The largest absolute Gasteiger partial charge is 0.389 e. The van der Waals surface area contributed by atoms with Gasteiger partial charge in [0.15, 0.2) is 0 Å². The monoisotopic (exact) mass is 205 g/mol. The smallest absolute Gasteiger partial charge is 0.0775 e. The van der Waals surface area contributed by atoms with Crippen LogP contribution in [0.3, 0.4) is 0 Å². The summed E-state index contributed by atoms with van der Waals surface area (Å²) < 4.78 is 0. The normalized spacial score (nSPS) is 30.7. The average molecular weight is 205 g/mol. The van der Waals surface area contributed by atoms with Gasteiger partial charge in [0.1, 0.15) is 0 Å². The summed E-state index contributed by atoms with van der Waals surface area (Å²) in [5.74, 6) is 0.485. The zero-order chi connectivity index (χ0) is 10.9. The van der Waals surface area contributed by atoms with Crippen LogP contribution in [0.5, 0.6) is 0 Å². The van der Waals surface area contributed by atoms with Crippen LogP contribution in [0, 0.1) is 6.92 Å². The highest BCUT2D eigenvalue weighted by Crippen LogP contribution is 2.40. The fraction of sp³-hybridized carbons (Fsp3) is 0.538. The van der Waals surface area contributed by atoms with Crippen molar-refractivity contribution in [3.05, 3.63) is 35.4 Å². The first-order valence-electron chi connectivity index (χ1n) is 5.62. The van der Waals surface area contributed by atoms with Gasteiger partial charge in [0.05, 0.1) is 5.60 Å². The zero-order valence-electron chi connectivity index (χ0n) is 9.24. The van der Waals surface area contributed by atoms with Gasteiger partial charge in [0.2, 0.25) is 0 Å². The molecule has 1 aliphatic rings. The highest BCUT2D eigenvalue weighted by molar-refractivity contribution is 5.27. The highest BCUT2D eigenvalue weighted by atomic mass is 16.3. The quantitative estimate of drug-likeness (QED) is 0.775. The molecule has 1 aromatic rings. The lowest BCUT2D eigenvalue weighted by atomic mass is 9.94. The molecule has 15 heavy (non-hydrogen) atoms. The molecule has 0 spiro atoms. The fourth-order valence-electron chi connectivity index (χ4n) is 2.50. The lowest BCUT2D eigenvalue weighted by Gasteiger charge is -2.20. The lowest BCUT2D eigenvalue weighted by molar-refractivity contribution is 0.0554. The SMILES string of the molecule is Cc1cccc(C2CCC(O)(CN)C2)c1. The van der Waals surface area contributed by atoms with Crippen molar-refractivity contribution in [2.24, 2.45) is 5.73 Å². The summed E-state index contributed by atoms with van der Waals surface area (Å²) in [5, 5.41) is 10.1. The molecule has 0 heterocycles. The van der Waals surface area contributed by atoms with Crippen molar-refractivity contribution in [3.8, 4) is 0 Å². The molecule has 2 atom stereocenters. The second-order valence-electron chi connectivity index (χ2n) is 4.78. The number of aryl methyl sites for hydroxylation is 1. The van der Waals surface area contributed by atoms with Gasteiger partial charge in [-0.3, -0.25) is 0 Å². The van der Waals surface area contributed by atoms with E-state index in [0.717, 1.165) is 19.3 Å². The highest BCUT2D eigenvalue weighted by Gasteiger charge is 2.36. The van der Waals surface area contributed by atoms with E-state index in [-0.39, 0.29) is 0 Å². The third-order valence-electron chi connectivity index (χ3n) is 3.48. The first-order valence-corrected chi connectivity index (χ1v) is 5.62. The second-order valence-corrected chi connectivity index (χ2v) is 4.78. The number of hydrogen-bond acceptors (Lipinski definition) is 2. The Labute approximate surface area is 91.1 Å². The van der Waals surface area contributed by atoms with E-state index in [1.165, 1.54) is 11.1 Å². The Morgan fingerprint density at radius 3 is 2.93 bits per heavy atom. The molecule has 1 saturated carbocycles. The maximum absolute atomic E-state index is 10.1. The molecule has 0 bridgehead atoms. The van der Waals surface area contributed by atoms with E-state index in [1.54, 1.807) is 0 Å². The Hall–Kier alpha value is -0.860. The molecular weight excluding hydrogens is 186 g/mol. The van der Waals surface area contributed by atoms with Crippen LogP contribution in [0.1, 0.15) is 36.3 Å². The molecule has 82 valence electrons. The number of rotatable bonds is 2. The minimum absolute atomic E-state index is 0.384. The first kappa shape index (κ1) is 10.7. The number of nitrogens with two attached hydrogens (primary N) is 1. The van der Waals surface area contributed by atoms with Crippen LogP contribution < -0.4 is 5.73 Å². The number of benzene rings is 1. The number of hydrogen-bond donors (Lipinski definition) is 2. The van der Waals surface area contributed by atoms with Crippen LogP contribution in [0.25, 0.3) is 0 Å². The minimum atomic E-state index is -0.617. The molecule has 2 unspecified atom stereocenters. The summed E-state index contributed by atoms with van der Waals surface area (Å²) in [6, 6.07) is 8.56. The third-order valence-corrected chi connectivity index (χ3v) is 3.48. The molecule has 0 aromatic heterocycles. The van der Waals surface area contributed by atoms with Crippen molar-refractivity contribution in [1.82, 2.24) is 0 Å². The van der Waals surface area contributed by atoms with Crippen molar-refractivity contribution in [1.29, 1.82) is 0 Å². The van der Waals surface area contributed by atoms with E-state index in [4.69, 9.17) is 5.73 Å². The summed E-state index contributed by atoms with van der Waals surface area (Å²) in [5.41, 5.74) is 7.61. The minimum Gasteiger partial charge on any atom is -0.389 e. The van der Waals surface area contributed by atoms with Crippen molar-refractivity contribution in [3.63, 3.8) is 0 Å². The molecule has 0 saturated heterocycles. The van der Waals surface area contributed by atoms with Crippen LogP contribution in [-0.4, -0.2) is 17.3 Å². The van der Waals surface area contributed by atoms with E-state index in [0.29, 0.717) is 12.5 Å². The molecule has 0 amide bonds. The lowest BCUT2D eigenvalue weighted by Crippen LogP contribution is -2.34. The van der Waals surface area contributed by atoms with Crippen molar-refractivity contribution in [2.75, 3.05) is 6.54 Å². The fourth-order valence-corrected chi connectivity index (χ4v) is 2.50. The van der Waals surface area contributed by atoms with Crippen LogP contribution in [0.15, 0.2) is 24.3 Å².